The van der Waals surface area contributed by atoms with E-state index in [1.807, 2.05) is 17.0 Å². The number of fused-ring (bicyclic) bond motifs is 2. The van der Waals surface area contributed by atoms with Crippen LogP contribution in [0.3, 0.4) is 0 Å². The van der Waals surface area contributed by atoms with Gasteiger partial charge in [-0.2, -0.15) is 0 Å². The molecule has 0 spiro atoms. The van der Waals surface area contributed by atoms with Crippen molar-refractivity contribution in [3.8, 4) is 5.75 Å². The van der Waals surface area contributed by atoms with Gasteiger partial charge in [-0.1, -0.05) is 18.2 Å². The van der Waals surface area contributed by atoms with E-state index in [2.05, 4.69) is 23.5 Å². The van der Waals surface area contributed by atoms with Crippen LogP contribution in [0.5, 0.6) is 5.75 Å². The molecule has 3 N–H and O–H groups in total. The number of benzene rings is 2. The highest BCUT2D eigenvalue weighted by molar-refractivity contribution is 5.98. The minimum Gasteiger partial charge on any atom is -0.481 e. The lowest BCUT2D eigenvalue weighted by atomic mass is 9.97. The van der Waals surface area contributed by atoms with Crippen molar-refractivity contribution in [3.05, 3.63) is 48.0 Å². The molecule has 5 heteroatoms. The van der Waals surface area contributed by atoms with Crippen molar-refractivity contribution < 1.29 is 9.53 Å². The van der Waals surface area contributed by atoms with E-state index in [1.165, 1.54) is 11.3 Å². The normalized spacial score (nSPS) is 18.9. The van der Waals surface area contributed by atoms with Crippen LogP contribution in [0.25, 0.3) is 0 Å². The molecular formula is C18H19N3O2. The van der Waals surface area contributed by atoms with E-state index >= 15 is 0 Å². The Morgan fingerprint density at radius 3 is 3.04 bits per heavy atom. The van der Waals surface area contributed by atoms with Gasteiger partial charge in [-0.25, -0.2) is 0 Å². The number of carbonyl (C=O) groups excluding carboxylic acids is 1. The maximum absolute atomic E-state index is 12.2. The van der Waals surface area contributed by atoms with Gasteiger partial charge in [-0.3, -0.25) is 4.79 Å². The van der Waals surface area contributed by atoms with Gasteiger partial charge in [0.25, 0.3) is 5.91 Å². The van der Waals surface area contributed by atoms with Crippen molar-refractivity contribution in [1.82, 2.24) is 0 Å². The molecule has 2 aliphatic heterocycles. The number of ether oxygens (including phenoxy) is 1. The molecule has 23 heavy (non-hydrogen) atoms. The second kappa shape index (κ2) is 5.50. The molecule has 5 nitrogen and oxygen atoms in total. The monoisotopic (exact) mass is 309 g/mol. The molecule has 0 bridgehead atoms. The fourth-order valence-electron chi connectivity index (χ4n) is 3.37. The second-order valence-corrected chi connectivity index (χ2v) is 6.01. The highest BCUT2D eigenvalue weighted by atomic mass is 16.5. The number of amides is 1. The van der Waals surface area contributed by atoms with Gasteiger partial charge in [0.1, 0.15) is 5.75 Å². The molecule has 1 unspecified atom stereocenters. The minimum atomic E-state index is 0.00140. The van der Waals surface area contributed by atoms with Crippen LogP contribution in [-0.2, 0) is 4.79 Å². The number of hydrogen-bond acceptors (Lipinski definition) is 4. The first kappa shape index (κ1) is 13.9. The molecular weight excluding hydrogens is 290 g/mol. The van der Waals surface area contributed by atoms with E-state index in [-0.39, 0.29) is 12.5 Å². The average molecular weight is 309 g/mol. The Labute approximate surface area is 135 Å². The number of nitrogens with two attached hydrogens (primary N) is 1. The summed E-state index contributed by atoms with van der Waals surface area (Å²) < 4.78 is 5.49. The molecule has 0 saturated carbocycles. The van der Waals surface area contributed by atoms with Gasteiger partial charge in [-0.15, -0.1) is 0 Å². The zero-order chi connectivity index (χ0) is 15.8. The molecule has 2 aromatic carbocycles. The Bertz CT molecular complexity index is 760. The Kier molecular flexibility index (Phi) is 3.33. The Hall–Kier alpha value is -2.69. The van der Waals surface area contributed by atoms with Gasteiger partial charge < -0.3 is 20.7 Å². The summed E-state index contributed by atoms with van der Waals surface area (Å²) in [6, 6.07) is 13.8. The fourth-order valence-corrected chi connectivity index (χ4v) is 3.37. The van der Waals surface area contributed by atoms with E-state index in [4.69, 9.17) is 10.5 Å². The first-order valence-corrected chi connectivity index (χ1v) is 7.88. The summed E-state index contributed by atoms with van der Waals surface area (Å²) >= 11 is 0. The number of nitrogen functional groups attached to an aromatic ring is 1. The van der Waals surface area contributed by atoms with Crippen LogP contribution in [0.4, 0.5) is 17.1 Å². The van der Waals surface area contributed by atoms with Crippen LogP contribution in [0, 0.1) is 0 Å². The van der Waals surface area contributed by atoms with Crippen LogP contribution in [0.1, 0.15) is 17.9 Å². The number of nitrogens with one attached hydrogen (secondary N) is 1. The number of para-hydroxylation sites is 1. The molecule has 1 amide bonds. The van der Waals surface area contributed by atoms with Crippen molar-refractivity contribution >= 4 is 23.0 Å². The summed E-state index contributed by atoms with van der Waals surface area (Å²) in [7, 11) is 0. The van der Waals surface area contributed by atoms with E-state index in [0.29, 0.717) is 23.9 Å². The third kappa shape index (κ3) is 2.48. The third-order valence-corrected chi connectivity index (χ3v) is 4.57. The molecule has 2 heterocycles. The predicted octanol–water partition coefficient (Wildman–Crippen LogP) is 2.59. The molecule has 118 valence electrons. The summed E-state index contributed by atoms with van der Waals surface area (Å²) in [6.07, 6.45) is 0.916. The van der Waals surface area contributed by atoms with E-state index in [9.17, 15) is 4.79 Å². The van der Waals surface area contributed by atoms with Gasteiger partial charge in [0.05, 0.1) is 5.69 Å². The topological polar surface area (TPSA) is 67.6 Å². The van der Waals surface area contributed by atoms with Crippen LogP contribution in [0.15, 0.2) is 42.5 Å². The van der Waals surface area contributed by atoms with Gasteiger partial charge >= 0.3 is 0 Å². The summed E-state index contributed by atoms with van der Waals surface area (Å²) in [5, 5.41) is 3.43. The van der Waals surface area contributed by atoms with Crippen molar-refractivity contribution in [2.45, 2.75) is 12.3 Å². The lowest BCUT2D eigenvalue weighted by Crippen LogP contribution is -2.40. The summed E-state index contributed by atoms with van der Waals surface area (Å²) in [6.45, 7) is 1.68. The number of hydrogen-bond donors (Lipinski definition) is 2. The summed E-state index contributed by atoms with van der Waals surface area (Å²) in [5.74, 6) is 1.12. The van der Waals surface area contributed by atoms with Crippen molar-refractivity contribution in [3.63, 3.8) is 0 Å². The highest BCUT2D eigenvalue weighted by Crippen LogP contribution is 2.36. The molecule has 1 atom stereocenters. The number of carbonyl (C=O) groups is 1. The van der Waals surface area contributed by atoms with Gasteiger partial charge in [0.2, 0.25) is 0 Å². The molecule has 0 aliphatic carbocycles. The molecule has 0 aromatic heterocycles. The van der Waals surface area contributed by atoms with E-state index < -0.39 is 0 Å². The first-order chi connectivity index (χ1) is 11.2. The Morgan fingerprint density at radius 1 is 1.26 bits per heavy atom. The molecule has 4 rings (SSSR count). The fraction of sp³-hybridized carbons (Fsp3) is 0.278. The quantitative estimate of drug-likeness (QED) is 0.855. The molecule has 2 aliphatic rings. The minimum absolute atomic E-state index is 0.00140. The SMILES string of the molecule is Nc1ccc2c(c1)OCC(=O)N2CCC1CNc2ccccc21. The predicted molar refractivity (Wildman–Crippen MR) is 91.0 cm³/mol. The standard InChI is InChI=1S/C18H19N3O2/c19-13-5-6-16-17(9-13)23-11-18(22)21(16)8-7-12-10-20-15-4-2-1-3-14(12)15/h1-6,9,12,20H,7-8,10-11,19H2. The van der Waals surface area contributed by atoms with Crippen LogP contribution in [0.2, 0.25) is 0 Å². The second-order valence-electron chi connectivity index (χ2n) is 6.01. The Balaban J connectivity index is 1.53. The van der Waals surface area contributed by atoms with Crippen LogP contribution >= 0.6 is 0 Å². The molecule has 0 fully saturated rings. The van der Waals surface area contributed by atoms with Gasteiger partial charge in [0, 0.05) is 36.4 Å². The van der Waals surface area contributed by atoms with Gasteiger partial charge in [-0.05, 0) is 30.2 Å². The van der Waals surface area contributed by atoms with Crippen molar-refractivity contribution in [2.75, 3.05) is 35.6 Å². The largest absolute Gasteiger partial charge is 0.481 e. The van der Waals surface area contributed by atoms with E-state index in [1.54, 1.807) is 12.1 Å². The zero-order valence-corrected chi connectivity index (χ0v) is 12.8. The zero-order valence-electron chi connectivity index (χ0n) is 12.8. The summed E-state index contributed by atoms with van der Waals surface area (Å²) in [4.78, 5) is 14.1. The smallest absolute Gasteiger partial charge is 0.265 e. The number of rotatable bonds is 3. The van der Waals surface area contributed by atoms with Crippen LogP contribution < -0.4 is 20.7 Å². The lowest BCUT2D eigenvalue weighted by Gasteiger charge is -2.30. The number of nitrogens with zero attached hydrogens (tertiary/aromatic N) is 1. The highest BCUT2D eigenvalue weighted by Gasteiger charge is 2.28. The average Bonchev–Trinajstić information content (AvgIpc) is 2.97. The molecule has 2 aromatic rings. The summed E-state index contributed by atoms with van der Waals surface area (Å²) in [5.41, 5.74) is 9.80. The lowest BCUT2D eigenvalue weighted by molar-refractivity contribution is -0.121. The maximum Gasteiger partial charge on any atom is 0.265 e. The van der Waals surface area contributed by atoms with Gasteiger partial charge in [0.15, 0.2) is 6.61 Å². The molecule has 0 radical (unpaired) electrons. The Morgan fingerprint density at radius 2 is 2.13 bits per heavy atom. The number of anilines is 3. The first-order valence-electron chi connectivity index (χ1n) is 7.88. The van der Waals surface area contributed by atoms with Crippen LogP contribution in [-0.4, -0.2) is 25.6 Å². The van der Waals surface area contributed by atoms with Crippen molar-refractivity contribution in [1.29, 1.82) is 0 Å². The molecule has 0 saturated heterocycles. The maximum atomic E-state index is 12.2. The van der Waals surface area contributed by atoms with Crippen molar-refractivity contribution in [2.24, 2.45) is 0 Å². The third-order valence-electron chi connectivity index (χ3n) is 4.57. The van der Waals surface area contributed by atoms with E-state index in [0.717, 1.165) is 18.7 Å².